The van der Waals surface area contributed by atoms with Crippen molar-refractivity contribution in [1.29, 1.82) is 0 Å². The molecule has 148 valence electrons. The van der Waals surface area contributed by atoms with E-state index in [0.717, 1.165) is 23.3 Å². The molecule has 1 aliphatic rings. The zero-order valence-corrected chi connectivity index (χ0v) is 16.7. The minimum atomic E-state index is -0.581. The van der Waals surface area contributed by atoms with Gasteiger partial charge in [0.1, 0.15) is 0 Å². The minimum absolute atomic E-state index is 0.153. The van der Waals surface area contributed by atoms with E-state index in [0.29, 0.717) is 32.7 Å². The summed E-state index contributed by atoms with van der Waals surface area (Å²) in [6.45, 7) is 2.22. The van der Waals surface area contributed by atoms with Crippen molar-refractivity contribution in [2.45, 2.75) is 28.9 Å². The Balaban J connectivity index is 1.49. The Labute approximate surface area is 170 Å². The van der Waals surface area contributed by atoms with Crippen LogP contribution in [0.4, 0.5) is 0 Å². The number of hydrogen-bond donors (Lipinski definition) is 2. The molecule has 28 heavy (non-hydrogen) atoms. The Kier molecular flexibility index (Phi) is 7.51. The summed E-state index contributed by atoms with van der Waals surface area (Å²) in [5.41, 5.74) is 1.13. The molecule has 6 heteroatoms. The van der Waals surface area contributed by atoms with Crippen LogP contribution in [0.2, 0.25) is 0 Å². The molecular weight excluding hydrogens is 372 g/mol. The fraction of sp³-hybridized carbons (Fsp3) is 0.364. The summed E-state index contributed by atoms with van der Waals surface area (Å²) in [7, 11) is 0. The quantitative estimate of drug-likeness (QED) is 0.704. The molecule has 2 amide bonds. The lowest BCUT2D eigenvalue weighted by Gasteiger charge is -2.36. The van der Waals surface area contributed by atoms with E-state index in [1.54, 1.807) is 11.8 Å². The van der Waals surface area contributed by atoms with Crippen molar-refractivity contribution in [2.24, 2.45) is 0 Å². The first-order valence-corrected chi connectivity index (χ1v) is 10.4. The Hall–Kier alpha value is -2.31. The summed E-state index contributed by atoms with van der Waals surface area (Å²) >= 11 is 1.75. The maximum atomic E-state index is 12.3. The Morgan fingerprint density at radius 3 is 2.18 bits per heavy atom. The molecule has 0 spiro atoms. The average Bonchev–Trinajstić information content (AvgIpc) is 2.74. The van der Waals surface area contributed by atoms with Gasteiger partial charge in [0.05, 0.1) is 0 Å². The van der Waals surface area contributed by atoms with Gasteiger partial charge in [-0.1, -0.05) is 48.5 Å². The van der Waals surface area contributed by atoms with Gasteiger partial charge in [-0.15, -0.1) is 11.8 Å². The fourth-order valence-electron chi connectivity index (χ4n) is 3.16. The molecule has 1 heterocycles. The number of thioether (sulfide) groups is 1. The zero-order valence-electron chi connectivity index (χ0n) is 15.9. The minimum Gasteiger partial charge on any atom is -0.381 e. The van der Waals surface area contributed by atoms with Crippen molar-refractivity contribution in [3.05, 3.63) is 66.2 Å². The summed E-state index contributed by atoms with van der Waals surface area (Å²) in [4.78, 5) is 25.5. The highest BCUT2D eigenvalue weighted by atomic mass is 32.2. The highest BCUT2D eigenvalue weighted by Gasteiger charge is 2.34. The molecule has 2 aromatic rings. The SMILES string of the molecule is O=C(NCCc1ccccc1)C(=O)NCC1(Sc2ccccc2)CCOCC1. The summed E-state index contributed by atoms with van der Waals surface area (Å²) in [5.74, 6) is -1.16. The van der Waals surface area contributed by atoms with Crippen molar-refractivity contribution < 1.29 is 14.3 Å². The number of amides is 2. The number of rotatable bonds is 7. The molecule has 5 nitrogen and oxygen atoms in total. The van der Waals surface area contributed by atoms with Gasteiger partial charge in [-0.3, -0.25) is 9.59 Å². The zero-order chi connectivity index (χ0) is 19.7. The number of ether oxygens (including phenoxy) is 1. The molecule has 0 atom stereocenters. The predicted octanol–water partition coefficient (Wildman–Crippen LogP) is 2.80. The van der Waals surface area contributed by atoms with Crippen LogP contribution in [0.25, 0.3) is 0 Å². The van der Waals surface area contributed by atoms with Crippen LogP contribution in [0.3, 0.4) is 0 Å². The Morgan fingerprint density at radius 1 is 0.893 bits per heavy atom. The first kappa shape index (κ1) is 20.4. The summed E-state index contributed by atoms with van der Waals surface area (Å²) < 4.78 is 5.35. The van der Waals surface area contributed by atoms with Crippen molar-refractivity contribution >= 4 is 23.6 Å². The molecule has 0 bridgehead atoms. The van der Waals surface area contributed by atoms with Gasteiger partial charge in [0.25, 0.3) is 0 Å². The second-order valence-electron chi connectivity index (χ2n) is 6.88. The third-order valence-electron chi connectivity index (χ3n) is 4.80. The Bertz CT molecular complexity index is 762. The van der Waals surface area contributed by atoms with E-state index in [1.807, 2.05) is 48.5 Å². The normalized spacial score (nSPS) is 15.6. The number of hydrogen-bond acceptors (Lipinski definition) is 4. The highest BCUT2D eigenvalue weighted by molar-refractivity contribution is 8.00. The van der Waals surface area contributed by atoms with Gasteiger partial charge < -0.3 is 15.4 Å². The van der Waals surface area contributed by atoms with Gasteiger partial charge in [0.2, 0.25) is 0 Å². The lowest BCUT2D eigenvalue weighted by atomic mass is 9.99. The topological polar surface area (TPSA) is 67.4 Å². The van der Waals surface area contributed by atoms with Gasteiger partial charge >= 0.3 is 11.8 Å². The van der Waals surface area contributed by atoms with Crippen molar-refractivity contribution in [2.75, 3.05) is 26.3 Å². The third kappa shape index (κ3) is 6.11. The standard InChI is InChI=1S/C22H26N2O3S/c25-20(23-14-11-18-7-3-1-4-8-18)21(26)24-17-22(12-15-27-16-13-22)28-19-9-5-2-6-10-19/h1-10H,11-17H2,(H,23,25)(H,24,26). The van der Waals surface area contributed by atoms with Crippen molar-refractivity contribution in [1.82, 2.24) is 10.6 Å². The van der Waals surface area contributed by atoms with Gasteiger partial charge in [0.15, 0.2) is 0 Å². The molecule has 1 aliphatic heterocycles. The number of carbonyl (C=O) groups is 2. The fourth-order valence-corrected chi connectivity index (χ4v) is 4.47. The molecule has 0 saturated carbocycles. The van der Waals surface area contributed by atoms with E-state index in [2.05, 4.69) is 22.8 Å². The maximum absolute atomic E-state index is 12.3. The van der Waals surface area contributed by atoms with Crippen LogP contribution in [0.15, 0.2) is 65.6 Å². The lowest BCUT2D eigenvalue weighted by Crippen LogP contribution is -2.48. The maximum Gasteiger partial charge on any atom is 0.309 e. The Morgan fingerprint density at radius 2 is 1.50 bits per heavy atom. The van der Waals surface area contributed by atoms with E-state index in [1.165, 1.54) is 0 Å². The summed E-state index contributed by atoms with van der Waals surface area (Å²) in [6, 6.07) is 20.0. The first-order valence-electron chi connectivity index (χ1n) is 9.59. The summed E-state index contributed by atoms with van der Waals surface area (Å²) in [5, 5.41) is 5.53. The molecule has 2 aromatic carbocycles. The van der Waals surface area contributed by atoms with Gasteiger partial charge in [-0.2, -0.15) is 0 Å². The van der Waals surface area contributed by atoms with Crippen molar-refractivity contribution in [3.63, 3.8) is 0 Å². The van der Waals surface area contributed by atoms with Crippen LogP contribution in [0, 0.1) is 0 Å². The molecule has 2 N–H and O–H groups in total. The number of carbonyl (C=O) groups excluding carboxylic acids is 2. The molecule has 0 aliphatic carbocycles. The van der Waals surface area contributed by atoms with Gasteiger partial charge in [0, 0.05) is 35.9 Å². The van der Waals surface area contributed by atoms with Crippen molar-refractivity contribution in [3.8, 4) is 0 Å². The average molecular weight is 399 g/mol. The largest absolute Gasteiger partial charge is 0.381 e. The molecule has 1 fully saturated rings. The van der Waals surface area contributed by atoms with E-state index >= 15 is 0 Å². The second-order valence-corrected chi connectivity index (χ2v) is 8.43. The highest BCUT2D eigenvalue weighted by Crippen LogP contribution is 2.39. The summed E-state index contributed by atoms with van der Waals surface area (Å²) in [6.07, 6.45) is 2.37. The van der Waals surface area contributed by atoms with Crippen LogP contribution in [0.5, 0.6) is 0 Å². The van der Waals surface area contributed by atoms with Crippen LogP contribution in [-0.2, 0) is 20.7 Å². The lowest BCUT2D eigenvalue weighted by molar-refractivity contribution is -0.139. The van der Waals surface area contributed by atoms with Crippen LogP contribution < -0.4 is 10.6 Å². The van der Waals surface area contributed by atoms with Crippen LogP contribution in [0.1, 0.15) is 18.4 Å². The number of benzene rings is 2. The van der Waals surface area contributed by atoms with Gasteiger partial charge in [-0.25, -0.2) is 0 Å². The third-order valence-corrected chi connectivity index (χ3v) is 6.29. The smallest absolute Gasteiger partial charge is 0.309 e. The van der Waals surface area contributed by atoms with Gasteiger partial charge in [-0.05, 0) is 37.0 Å². The molecule has 0 unspecified atom stereocenters. The molecular formula is C22H26N2O3S. The van der Waals surface area contributed by atoms with Crippen LogP contribution >= 0.6 is 11.8 Å². The molecule has 0 aromatic heterocycles. The second kappa shape index (κ2) is 10.3. The monoisotopic (exact) mass is 398 g/mol. The van der Waals surface area contributed by atoms with Crippen LogP contribution in [-0.4, -0.2) is 42.9 Å². The van der Waals surface area contributed by atoms with E-state index < -0.39 is 11.8 Å². The van der Waals surface area contributed by atoms with E-state index in [9.17, 15) is 9.59 Å². The van der Waals surface area contributed by atoms with E-state index in [-0.39, 0.29) is 4.75 Å². The molecule has 3 rings (SSSR count). The number of nitrogens with one attached hydrogen (secondary N) is 2. The predicted molar refractivity (Wildman–Crippen MR) is 111 cm³/mol. The molecule has 0 radical (unpaired) electrons. The first-order chi connectivity index (χ1) is 13.7. The molecule has 1 saturated heterocycles. The van der Waals surface area contributed by atoms with E-state index in [4.69, 9.17) is 4.74 Å².